The number of thioether (sulfide) groups is 1. The Labute approximate surface area is 103 Å². The summed E-state index contributed by atoms with van der Waals surface area (Å²) < 4.78 is 1.56. The van der Waals surface area contributed by atoms with Crippen molar-refractivity contribution >= 4 is 29.3 Å². The minimum atomic E-state index is -1.00. The van der Waals surface area contributed by atoms with E-state index >= 15 is 0 Å². The molecule has 1 unspecified atom stereocenters. The van der Waals surface area contributed by atoms with Crippen LogP contribution in [0.3, 0.4) is 0 Å². The predicted molar refractivity (Wildman–Crippen MR) is 65.7 cm³/mol. The molecule has 6 heteroatoms. The zero-order valence-electron chi connectivity index (χ0n) is 9.93. The summed E-state index contributed by atoms with van der Waals surface area (Å²) in [4.78, 5) is 25.3. The number of aromatic carboxylic acids is 1. The van der Waals surface area contributed by atoms with Gasteiger partial charge in [0.15, 0.2) is 5.69 Å². The number of anilines is 1. The molecule has 17 heavy (non-hydrogen) atoms. The Morgan fingerprint density at radius 3 is 2.71 bits per heavy atom. The lowest BCUT2D eigenvalue weighted by molar-refractivity contribution is -0.116. The Morgan fingerprint density at radius 2 is 2.18 bits per heavy atom. The van der Waals surface area contributed by atoms with E-state index in [4.69, 9.17) is 0 Å². The normalized spacial score (nSPS) is 19.0. The van der Waals surface area contributed by atoms with Crippen LogP contribution in [-0.4, -0.2) is 33.3 Å². The molecule has 1 atom stereocenters. The van der Waals surface area contributed by atoms with E-state index < -0.39 is 5.97 Å². The van der Waals surface area contributed by atoms with E-state index in [2.05, 4.69) is 0 Å². The van der Waals surface area contributed by atoms with Gasteiger partial charge in [0.25, 0.3) is 0 Å². The van der Waals surface area contributed by atoms with Crippen molar-refractivity contribution in [2.75, 3.05) is 11.4 Å². The number of carbonyl (C=O) groups is 2. The van der Waals surface area contributed by atoms with Gasteiger partial charge >= 0.3 is 5.97 Å². The molecule has 1 amide bonds. The maximum atomic E-state index is 11.6. The molecule has 0 saturated carbocycles. The number of carbonyl (C=O) groups excluding carboxylic acids is 1. The Hall–Kier alpha value is -1.43. The second-order valence-electron chi connectivity index (χ2n) is 4.16. The smallest absolute Gasteiger partial charge is 0.354 e. The van der Waals surface area contributed by atoms with Crippen molar-refractivity contribution in [2.45, 2.75) is 24.0 Å². The number of amides is 1. The zero-order chi connectivity index (χ0) is 12.7. The van der Waals surface area contributed by atoms with Crippen LogP contribution in [0, 0.1) is 0 Å². The number of carboxylic acid groups (broad SMARTS) is 1. The van der Waals surface area contributed by atoms with Gasteiger partial charge in [-0.05, 0) is 0 Å². The molecule has 1 aliphatic rings. The Bertz CT molecular complexity index is 495. The van der Waals surface area contributed by atoms with E-state index in [1.807, 2.05) is 6.92 Å². The summed E-state index contributed by atoms with van der Waals surface area (Å²) in [6, 6.07) is 0. The quantitative estimate of drug-likeness (QED) is 0.826. The highest BCUT2D eigenvalue weighted by molar-refractivity contribution is 8.00. The van der Waals surface area contributed by atoms with E-state index in [0.717, 1.165) is 4.90 Å². The molecule has 5 nitrogen and oxygen atoms in total. The van der Waals surface area contributed by atoms with E-state index in [9.17, 15) is 14.7 Å². The Balaban J connectivity index is 2.61. The summed E-state index contributed by atoms with van der Waals surface area (Å²) in [6.07, 6.45) is 1.77. The molecule has 92 valence electrons. The monoisotopic (exact) mass is 254 g/mol. The van der Waals surface area contributed by atoms with Gasteiger partial charge in [0.1, 0.15) is 0 Å². The summed E-state index contributed by atoms with van der Waals surface area (Å²) in [6.45, 7) is 4.04. The lowest BCUT2D eigenvalue weighted by Crippen LogP contribution is -2.37. The number of fused-ring (bicyclic) bond motifs is 1. The van der Waals surface area contributed by atoms with Crippen LogP contribution < -0.4 is 4.90 Å². The van der Waals surface area contributed by atoms with E-state index in [0.29, 0.717) is 12.2 Å². The average Bonchev–Trinajstić information content (AvgIpc) is 2.51. The molecule has 1 aromatic rings. The van der Waals surface area contributed by atoms with Crippen molar-refractivity contribution < 1.29 is 14.7 Å². The van der Waals surface area contributed by atoms with Crippen molar-refractivity contribution in [1.82, 2.24) is 4.57 Å². The molecule has 0 saturated heterocycles. The summed E-state index contributed by atoms with van der Waals surface area (Å²) in [5.74, 6) is -1.12. The van der Waals surface area contributed by atoms with Crippen molar-refractivity contribution in [1.29, 1.82) is 0 Å². The van der Waals surface area contributed by atoms with Gasteiger partial charge in [-0.25, -0.2) is 4.79 Å². The molecule has 1 aromatic heterocycles. The molecule has 2 heterocycles. The molecule has 0 aromatic carbocycles. The molecule has 0 bridgehead atoms. The SMILES string of the molecule is CC(=O)N1CC(C)Sc2cn(C)c(C(=O)O)c21. The third kappa shape index (κ3) is 1.93. The van der Waals surface area contributed by atoms with Gasteiger partial charge in [-0.2, -0.15) is 0 Å². The molecule has 1 N–H and O–H groups in total. The molecule has 2 rings (SSSR count). The van der Waals surface area contributed by atoms with Crippen LogP contribution in [0.4, 0.5) is 5.69 Å². The number of aromatic nitrogens is 1. The van der Waals surface area contributed by atoms with Gasteiger partial charge in [-0.3, -0.25) is 4.79 Å². The van der Waals surface area contributed by atoms with Gasteiger partial charge in [0.05, 0.1) is 10.6 Å². The first kappa shape index (κ1) is 12.0. The maximum absolute atomic E-state index is 11.6. The van der Waals surface area contributed by atoms with Gasteiger partial charge < -0.3 is 14.6 Å². The topological polar surface area (TPSA) is 62.5 Å². The van der Waals surface area contributed by atoms with Crippen molar-refractivity contribution in [3.63, 3.8) is 0 Å². The number of hydrogen-bond acceptors (Lipinski definition) is 3. The van der Waals surface area contributed by atoms with Crippen molar-refractivity contribution in [3.8, 4) is 0 Å². The van der Waals surface area contributed by atoms with Gasteiger partial charge in [-0.15, -0.1) is 11.8 Å². The molecular weight excluding hydrogens is 240 g/mol. The molecule has 0 fully saturated rings. The first-order chi connectivity index (χ1) is 7.91. The Morgan fingerprint density at radius 1 is 1.53 bits per heavy atom. The lowest BCUT2D eigenvalue weighted by atomic mass is 10.2. The highest BCUT2D eigenvalue weighted by atomic mass is 32.2. The largest absolute Gasteiger partial charge is 0.477 e. The standard InChI is InChI=1S/C11H14N2O3S/c1-6-4-13(7(2)14)9-8(17-6)5-12(3)10(9)11(15)16/h5-6H,4H2,1-3H3,(H,15,16). The van der Waals surface area contributed by atoms with Gasteiger partial charge in [-0.1, -0.05) is 6.92 Å². The van der Waals surface area contributed by atoms with Crippen LogP contribution in [0.25, 0.3) is 0 Å². The number of rotatable bonds is 1. The number of nitrogens with zero attached hydrogens (tertiary/aromatic N) is 2. The van der Waals surface area contributed by atoms with E-state index in [-0.39, 0.29) is 16.9 Å². The fraction of sp³-hybridized carbons (Fsp3) is 0.455. The summed E-state index contributed by atoms with van der Waals surface area (Å²) in [7, 11) is 1.69. The molecule has 0 aliphatic carbocycles. The number of aryl methyl sites for hydroxylation is 1. The van der Waals surface area contributed by atoms with Crippen LogP contribution in [-0.2, 0) is 11.8 Å². The van der Waals surface area contributed by atoms with E-state index in [1.165, 1.54) is 6.92 Å². The second-order valence-corrected chi connectivity index (χ2v) is 5.64. The highest BCUT2D eigenvalue weighted by Crippen LogP contribution is 2.41. The lowest BCUT2D eigenvalue weighted by Gasteiger charge is -2.30. The second kappa shape index (κ2) is 4.10. The summed E-state index contributed by atoms with van der Waals surface area (Å²) in [5.41, 5.74) is 0.713. The highest BCUT2D eigenvalue weighted by Gasteiger charge is 2.32. The number of hydrogen-bond donors (Lipinski definition) is 1. The average molecular weight is 254 g/mol. The van der Waals surface area contributed by atoms with Crippen LogP contribution >= 0.6 is 11.8 Å². The summed E-state index contributed by atoms with van der Waals surface area (Å²) in [5, 5.41) is 9.48. The Kier molecular flexibility index (Phi) is 2.91. The number of carboxylic acids is 1. The van der Waals surface area contributed by atoms with Crippen molar-refractivity contribution in [3.05, 3.63) is 11.9 Å². The minimum absolute atomic E-state index is 0.118. The maximum Gasteiger partial charge on any atom is 0.354 e. The van der Waals surface area contributed by atoms with E-state index in [1.54, 1.807) is 34.5 Å². The van der Waals surface area contributed by atoms with Gasteiger partial charge in [0, 0.05) is 32.0 Å². The fourth-order valence-electron chi connectivity index (χ4n) is 2.07. The first-order valence-corrected chi connectivity index (χ1v) is 6.17. The third-order valence-corrected chi connectivity index (χ3v) is 3.85. The third-order valence-electron chi connectivity index (χ3n) is 2.74. The predicted octanol–water partition coefficient (Wildman–Crippen LogP) is 1.57. The van der Waals surface area contributed by atoms with Crippen LogP contribution in [0.15, 0.2) is 11.1 Å². The first-order valence-electron chi connectivity index (χ1n) is 5.29. The fourth-order valence-corrected chi connectivity index (χ4v) is 3.27. The molecular formula is C11H14N2O3S. The van der Waals surface area contributed by atoms with Crippen LogP contribution in [0.2, 0.25) is 0 Å². The minimum Gasteiger partial charge on any atom is -0.477 e. The van der Waals surface area contributed by atoms with Crippen LogP contribution in [0.1, 0.15) is 24.3 Å². The molecule has 0 radical (unpaired) electrons. The summed E-state index contributed by atoms with van der Waals surface area (Å²) >= 11 is 1.61. The molecule has 0 spiro atoms. The van der Waals surface area contributed by atoms with Gasteiger partial charge in [0.2, 0.25) is 5.91 Å². The zero-order valence-corrected chi connectivity index (χ0v) is 10.7. The van der Waals surface area contributed by atoms with Crippen LogP contribution in [0.5, 0.6) is 0 Å². The molecule has 1 aliphatic heterocycles. The van der Waals surface area contributed by atoms with Crippen molar-refractivity contribution in [2.24, 2.45) is 7.05 Å².